The summed E-state index contributed by atoms with van der Waals surface area (Å²) >= 11 is 2.04. The number of hydrogen-bond donors (Lipinski definition) is 2. The summed E-state index contributed by atoms with van der Waals surface area (Å²) in [5, 5.41) is 3.55. The van der Waals surface area contributed by atoms with Crippen LogP contribution in [0.25, 0.3) is 0 Å². The fourth-order valence-corrected chi connectivity index (χ4v) is 3.37. The van der Waals surface area contributed by atoms with Gasteiger partial charge in [-0.05, 0) is 13.3 Å². The van der Waals surface area contributed by atoms with E-state index in [0.29, 0.717) is 24.8 Å². The predicted molar refractivity (Wildman–Crippen MR) is 74.3 cm³/mol. The number of carbonyl (C=O) groups is 1. The van der Waals surface area contributed by atoms with Crippen LogP contribution < -0.4 is 11.1 Å². The molecule has 1 rings (SSSR count). The van der Waals surface area contributed by atoms with Gasteiger partial charge in [0.1, 0.15) is 0 Å². The number of amides is 1. The van der Waals surface area contributed by atoms with Gasteiger partial charge in [-0.15, -0.1) is 0 Å². The first-order valence-electron chi connectivity index (χ1n) is 6.53. The van der Waals surface area contributed by atoms with Crippen molar-refractivity contribution in [3.63, 3.8) is 0 Å². The molecule has 4 nitrogen and oxygen atoms in total. The van der Waals surface area contributed by atoms with Crippen LogP contribution in [0.5, 0.6) is 0 Å². The lowest BCUT2D eigenvalue weighted by Gasteiger charge is -2.37. The number of hydrogen-bond acceptors (Lipinski definition) is 4. The van der Waals surface area contributed by atoms with Gasteiger partial charge >= 0.3 is 0 Å². The molecule has 1 heterocycles. The third kappa shape index (κ3) is 4.85. The van der Waals surface area contributed by atoms with Gasteiger partial charge in [-0.2, -0.15) is 11.8 Å². The SMILES string of the molecule is CCNC(=O)CC(CN)N1CCSC(CC)C1. The van der Waals surface area contributed by atoms with E-state index in [9.17, 15) is 4.79 Å². The van der Waals surface area contributed by atoms with Gasteiger partial charge in [-0.3, -0.25) is 9.69 Å². The Hall–Kier alpha value is -0.260. The molecule has 0 bridgehead atoms. The van der Waals surface area contributed by atoms with E-state index >= 15 is 0 Å². The molecule has 1 amide bonds. The van der Waals surface area contributed by atoms with Crippen LogP contribution in [0.2, 0.25) is 0 Å². The minimum Gasteiger partial charge on any atom is -0.356 e. The third-order valence-electron chi connectivity index (χ3n) is 3.21. The van der Waals surface area contributed by atoms with Crippen LogP contribution in [0.3, 0.4) is 0 Å². The number of carbonyl (C=O) groups excluding carboxylic acids is 1. The summed E-state index contributed by atoms with van der Waals surface area (Å²) in [7, 11) is 0. The highest BCUT2D eigenvalue weighted by Crippen LogP contribution is 2.23. The van der Waals surface area contributed by atoms with Crippen LogP contribution >= 0.6 is 11.8 Å². The topological polar surface area (TPSA) is 58.4 Å². The number of nitrogens with zero attached hydrogens (tertiary/aromatic N) is 1. The maximum absolute atomic E-state index is 11.6. The van der Waals surface area contributed by atoms with Crippen molar-refractivity contribution in [2.45, 2.75) is 38.0 Å². The molecule has 1 saturated heterocycles. The Morgan fingerprint density at radius 3 is 2.94 bits per heavy atom. The van der Waals surface area contributed by atoms with Gasteiger partial charge in [-0.1, -0.05) is 6.92 Å². The molecule has 2 atom stereocenters. The highest BCUT2D eigenvalue weighted by atomic mass is 32.2. The van der Waals surface area contributed by atoms with E-state index in [1.54, 1.807) is 0 Å². The summed E-state index contributed by atoms with van der Waals surface area (Å²) in [5.74, 6) is 1.28. The molecule has 17 heavy (non-hydrogen) atoms. The third-order valence-corrected chi connectivity index (χ3v) is 4.58. The van der Waals surface area contributed by atoms with Crippen molar-refractivity contribution >= 4 is 17.7 Å². The average molecular weight is 259 g/mol. The van der Waals surface area contributed by atoms with Crippen LogP contribution in [0.4, 0.5) is 0 Å². The number of nitrogens with two attached hydrogens (primary N) is 1. The molecule has 0 aromatic rings. The molecule has 1 fully saturated rings. The Morgan fingerprint density at radius 2 is 2.35 bits per heavy atom. The second-order valence-corrected chi connectivity index (χ2v) is 5.85. The molecule has 0 aliphatic carbocycles. The van der Waals surface area contributed by atoms with E-state index in [2.05, 4.69) is 17.1 Å². The maximum atomic E-state index is 11.6. The first kappa shape index (κ1) is 14.8. The van der Waals surface area contributed by atoms with Crippen molar-refractivity contribution in [3.05, 3.63) is 0 Å². The molecule has 0 aromatic carbocycles. The van der Waals surface area contributed by atoms with Crippen LogP contribution in [0.15, 0.2) is 0 Å². The summed E-state index contributed by atoms with van der Waals surface area (Å²) in [6.07, 6.45) is 1.73. The van der Waals surface area contributed by atoms with Crippen LogP contribution in [-0.4, -0.2) is 54.0 Å². The van der Waals surface area contributed by atoms with Gasteiger partial charge in [0, 0.05) is 49.6 Å². The maximum Gasteiger partial charge on any atom is 0.221 e. The molecule has 100 valence electrons. The molecular formula is C12H25N3OS. The second kappa shape index (κ2) is 7.95. The summed E-state index contributed by atoms with van der Waals surface area (Å²) in [6.45, 7) is 7.56. The van der Waals surface area contributed by atoms with Crippen molar-refractivity contribution in [1.82, 2.24) is 10.2 Å². The van der Waals surface area contributed by atoms with Gasteiger partial charge in [-0.25, -0.2) is 0 Å². The van der Waals surface area contributed by atoms with E-state index in [0.717, 1.165) is 18.8 Å². The van der Waals surface area contributed by atoms with Crippen LogP contribution in [0.1, 0.15) is 26.7 Å². The van der Waals surface area contributed by atoms with Gasteiger partial charge in [0.15, 0.2) is 0 Å². The molecule has 0 spiro atoms. The normalized spacial score (nSPS) is 23.4. The first-order chi connectivity index (χ1) is 8.21. The lowest BCUT2D eigenvalue weighted by atomic mass is 10.1. The van der Waals surface area contributed by atoms with E-state index in [1.807, 2.05) is 18.7 Å². The van der Waals surface area contributed by atoms with Gasteiger partial charge in [0.25, 0.3) is 0 Å². The summed E-state index contributed by atoms with van der Waals surface area (Å²) < 4.78 is 0. The minimum atomic E-state index is 0.120. The Bertz CT molecular complexity index is 238. The standard InChI is InChI=1S/C12H25N3OS/c1-3-11-9-15(5-6-17-11)10(8-13)7-12(16)14-4-2/h10-11H,3-9,13H2,1-2H3,(H,14,16). The van der Waals surface area contributed by atoms with Crippen molar-refractivity contribution in [2.24, 2.45) is 5.73 Å². The summed E-state index contributed by atoms with van der Waals surface area (Å²) in [6, 6.07) is 0.205. The lowest BCUT2D eigenvalue weighted by Crippen LogP contribution is -2.49. The molecule has 5 heteroatoms. The number of nitrogens with one attached hydrogen (secondary N) is 1. The predicted octanol–water partition coefficient (Wildman–Crippen LogP) is 0.667. The van der Waals surface area contributed by atoms with Crippen molar-refractivity contribution in [3.8, 4) is 0 Å². The number of thioether (sulfide) groups is 1. The smallest absolute Gasteiger partial charge is 0.221 e. The highest BCUT2D eigenvalue weighted by molar-refractivity contribution is 8.00. The quantitative estimate of drug-likeness (QED) is 0.736. The highest BCUT2D eigenvalue weighted by Gasteiger charge is 2.25. The van der Waals surface area contributed by atoms with E-state index < -0.39 is 0 Å². The van der Waals surface area contributed by atoms with Gasteiger partial charge in [0.2, 0.25) is 5.91 Å². The zero-order valence-corrected chi connectivity index (χ0v) is 11.8. The Morgan fingerprint density at radius 1 is 1.59 bits per heavy atom. The Balaban J connectivity index is 2.45. The molecule has 0 aromatic heterocycles. The molecule has 1 aliphatic heterocycles. The van der Waals surface area contributed by atoms with Crippen LogP contribution in [0, 0.1) is 0 Å². The molecule has 3 N–H and O–H groups in total. The van der Waals surface area contributed by atoms with Gasteiger partial charge in [0.05, 0.1) is 0 Å². The van der Waals surface area contributed by atoms with Crippen LogP contribution in [-0.2, 0) is 4.79 Å². The minimum absolute atomic E-state index is 0.120. The fourth-order valence-electron chi connectivity index (χ4n) is 2.17. The van der Waals surface area contributed by atoms with E-state index in [-0.39, 0.29) is 11.9 Å². The average Bonchev–Trinajstić information content (AvgIpc) is 2.36. The zero-order valence-electron chi connectivity index (χ0n) is 10.9. The second-order valence-electron chi connectivity index (χ2n) is 4.44. The molecular weight excluding hydrogens is 234 g/mol. The van der Waals surface area contributed by atoms with E-state index in [1.165, 1.54) is 6.42 Å². The van der Waals surface area contributed by atoms with Crippen molar-refractivity contribution in [2.75, 3.05) is 31.9 Å². The Kier molecular flexibility index (Phi) is 6.92. The first-order valence-corrected chi connectivity index (χ1v) is 7.58. The molecule has 0 saturated carbocycles. The summed E-state index contributed by atoms with van der Waals surface area (Å²) in [4.78, 5) is 14.0. The Labute approximate surface area is 109 Å². The monoisotopic (exact) mass is 259 g/mol. The molecule has 0 radical (unpaired) electrons. The summed E-state index contributed by atoms with van der Waals surface area (Å²) in [5.41, 5.74) is 5.81. The fraction of sp³-hybridized carbons (Fsp3) is 0.917. The van der Waals surface area contributed by atoms with Gasteiger partial charge < -0.3 is 11.1 Å². The zero-order chi connectivity index (χ0) is 12.7. The lowest BCUT2D eigenvalue weighted by molar-refractivity contribution is -0.122. The van der Waals surface area contributed by atoms with Crippen molar-refractivity contribution in [1.29, 1.82) is 0 Å². The van der Waals surface area contributed by atoms with Crippen molar-refractivity contribution < 1.29 is 4.79 Å². The van der Waals surface area contributed by atoms with E-state index in [4.69, 9.17) is 5.73 Å². The molecule has 1 aliphatic rings. The molecule has 2 unspecified atom stereocenters. The number of rotatable bonds is 6. The largest absolute Gasteiger partial charge is 0.356 e.